The maximum atomic E-state index is 6.48. The van der Waals surface area contributed by atoms with E-state index in [2.05, 4.69) is 63.8 Å². The van der Waals surface area contributed by atoms with Crippen molar-refractivity contribution in [2.24, 2.45) is 5.73 Å². The molecule has 0 saturated carbocycles. The van der Waals surface area contributed by atoms with E-state index in [1.807, 2.05) is 12.1 Å². The molecule has 0 bridgehead atoms. The minimum Gasteiger partial charge on any atom is -0.484 e. The highest BCUT2D eigenvalue weighted by molar-refractivity contribution is 5.42. The molecule has 3 heterocycles. The molecule has 0 unspecified atom stereocenters. The van der Waals surface area contributed by atoms with Gasteiger partial charge < -0.3 is 10.5 Å². The Morgan fingerprint density at radius 3 is 2.67 bits per heavy atom. The van der Waals surface area contributed by atoms with Crippen LogP contribution in [0.25, 0.3) is 5.65 Å². The third kappa shape index (κ3) is 3.48. The summed E-state index contributed by atoms with van der Waals surface area (Å²) in [6.07, 6.45) is 7.57. The number of hydrogen-bond acceptors (Lipinski definition) is 5. The van der Waals surface area contributed by atoms with Crippen LogP contribution in [0.4, 0.5) is 0 Å². The summed E-state index contributed by atoms with van der Waals surface area (Å²) in [5.74, 6) is 1.88. The van der Waals surface area contributed by atoms with E-state index in [0.29, 0.717) is 12.1 Å². The number of benzene rings is 1. The second-order valence-corrected chi connectivity index (χ2v) is 8.91. The van der Waals surface area contributed by atoms with Crippen LogP contribution in [0.5, 0.6) is 5.75 Å². The maximum absolute atomic E-state index is 6.48. The van der Waals surface area contributed by atoms with Crippen LogP contribution in [0, 0.1) is 0 Å². The van der Waals surface area contributed by atoms with Gasteiger partial charge in [-0.25, -0.2) is 0 Å². The van der Waals surface area contributed by atoms with Crippen molar-refractivity contribution in [3.63, 3.8) is 0 Å². The molecule has 5 rings (SSSR count). The van der Waals surface area contributed by atoms with Crippen molar-refractivity contribution in [1.82, 2.24) is 19.5 Å². The highest BCUT2D eigenvalue weighted by Gasteiger charge is 2.30. The lowest BCUT2D eigenvalue weighted by Gasteiger charge is -2.37. The normalized spacial score (nSPS) is 24.9. The van der Waals surface area contributed by atoms with Crippen molar-refractivity contribution >= 4 is 5.65 Å². The molecule has 0 spiro atoms. The van der Waals surface area contributed by atoms with Crippen LogP contribution >= 0.6 is 0 Å². The summed E-state index contributed by atoms with van der Waals surface area (Å²) in [5.41, 5.74) is 9.60. The van der Waals surface area contributed by atoms with Gasteiger partial charge in [-0.1, -0.05) is 30.7 Å². The summed E-state index contributed by atoms with van der Waals surface area (Å²) in [6, 6.07) is 13.3. The fourth-order valence-corrected chi connectivity index (χ4v) is 5.11. The quantitative estimate of drug-likeness (QED) is 0.688. The van der Waals surface area contributed by atoms with E-state index < -0.39 is 0 Å². The third-order valence-electron chi connectivity index (χ3n) is 6.67. The van der Waals surface area contributed by atoms with Gasteiger partial charge in [-0.3, -0.25) is 9.30 Å². The van der Waals surface area contributed by atoms with Crippen LogP contribution in [-0.2, 0) is 0 Å². The Morgan fingerprint density at radius 1 is 1.00 bits per heavy atom. The minimum absolute atomic E-state index is 0.0280. The molecule has 158 valence electrons. The number of hydrogen-bond donors (Lipinski definition) is 1. The molecule has 2 aromatic heterocycles. The number of pyridine rings is 1. The Bertz CT molecular complexity index is 1030. The minimum atomic E-state index is 0.0280. The van der Waals surface area contributed by atoms with Gasteiger partial charge in [-0.15, -0.1) is 10.2 Å². The van der Waals surface area contributed by atoms with Crippen LogP contribution in [0.1, 0.15) is 81.1 Å². The van der Waals surface area contributed by atoms with E-state index in [1.165, 1.54) is 24.0 Å². The molecule has 6 heteroatoms. The van der Waals surface area contributed by atoms with Crippen molar-refractivity contribution < 1.29 is 4.74 Å². The smallest absolute Gasteiger partial charge is 0.161 e. The van der Waals surface area contributed by atoms with E-state index in [9.17, 15) is 0 Å². The van der Waals surface area contributed by atoms with Crippen LogP contribution in [-0.4, -0.2) is 32.1 Å². The lowest BCUT2D eigenvalue weighted by atomic mass is 9.86. The molecule has 3 aromatic rings. The van der Waals surface area contributed by atoms with E-state index in [0.717, 1.165) is 43.0 Å². The molecule has 0 radical (unpaired) electrons. The van der Waals surface area contributed by atoms with E-state index in [4.69, 9.17) is 10.5 Å². The maximum Gasteiger partial charge on any atom is 0.161 e. The predicted molar refractivity (Wildman–Crippen MR) is 117 cm³/mol. The molecule has 0 amide bonds. The number of aromatic nitrogens is 3. The van der Waals surface area contributed by atoms with Gasteiger partial charge in [0.2, 0.25) is 0 Å². The topological polar surface area (TPSA) is 68.7 Å². The number of ether oxygens (including phenoxy) is 1. The second-order valence-electron chi connectivity index (χ2n) is 8.91. The van der Waals surface area contributed by atoms with E-state index in [1.54, 1.807) is 0 Å². The number of rotatable bonds is 4. The van der Waals surface area contributed by atoms with Crippen LogP contribution in [0.15, 0.2) is 42.6 Å². The van der Waals surface area contributed by atoms with Crippen molar-refractivity contribution in [2.45, 2.75) is 70.2 Å². The van der Waals surface area contributed by atoms with E-state index in [-0.39, 0.29) is 12.1 Å². The number of nitrogens with zero attached hydrogens (tertiary/aromatic N) is 4. The molecular formula is C24H31N5O. The average Bonchev–Trinajstić information content (AvgIpc) is 3.19. The lowest BCUT2D eigenvalue weighted by molar-refractivity contribution is 0.105. The van der Waals surface area contributed by atoms with Gasteiger partial charge in [0.25, 0.3) is 0 Å². The molecule has 1 fully saturated rings. The number of fused-ring (bicyclic) bond motifs is 2. The Balaban J connectivity index is 1.46. The first-order chi connectivity index (χ1) is 14.6. The zero-order valence-electron chi connectivity index (χ0n) is 17.9. The first-order valence-corrected chi connectivity index (χ1v) is 11.2. The second kappa shape index (κ2) is 8.00. The first kappa shape index (κ1) is 19.5. The van der Waals surface area contributed by atoms with Gasteiger partial charge in [-0.05, 0) is 69.3 Å². The Kier molecular flexibility index (Phi) is 5.21. The average molecular weight is 406 g/mol. The fraction of sp³-hybridized carbons (Fsp3) is 0.500. The van der Waals surface area contributed by atoms with Gasteiger partial charge in [-0.2, -0.15) is 0 Å². The zero-order valence-corrected chi connectivity index (χ0v) is 17.9. The van der Waals surface area contributed by atoms with Crippen molar-refractivity contribution in [1.29, 1.82) is 0 Å². The Morgan fingerprint density at radius 2 is 1.83 bits per heavy atom. The van der Waals surface area contributed by atoms with Gasteiger partial charge >= 0.3 is 0 Å². The van der Waals surface area contributed by atoms with Gasteiger partial charge in [0.05, 0.1) is 12.2 Å². The summed E-state index contributed by atoms with van der Waals surface area (Å²) >= 11 is 0. The Hall–Kier alpha value is -2.44. The molecule has 30 heavy (non-hydrogen) atoms. The monoisotopic (exact) mass is 405 g/mol. The standard InChI is InChI=1S/C24H31N5O/c1-16(2)28-14-6-5-9-21(28)24-27-26-23-13-10-17(15-29(23)24)30-22-12-11-20(25)18-7-3-4-8-19(18)22/h3-4,7-8,10,13,15-16,20-22H,5-6,9,11-12,14,25H2,1-2H3/t20-,21-,22+/m0/s1. The molecule has 6 nitrogen and oxygen atoms in total. The SMILES string of the molecule is CC(C)N1CCCC[C@H]1c1nnc2ccc(O[C@@H]3CC[C@H](N)c4ccccc43)cn12. The van der Waals surface area contributed by atoms with Crippen molar-refractivity contribution in [3.05, 3.63) is 59.5 Å². The molecule has 2 aliphatic rings. The first-order valence-electron chi connectivity index (χ1n) is 11.2. The zero-order chi connectivity index (χ0) is 20.7. The summed E-state index contributed by atoms with van der Waals surface area (Å²) in [4.78, 5) is 2.55. The summed E-state index contributed by atoms with van der Waals surface area (Å²) in [5, 5.41) is 9.02. The highest BCUT2D eigenvalue weighted by atomic mass is 16.5. The number of piperidine rings is 1. The van der Waals surface area contributed by atoms with Crippen molar-refractivity contribution in [3.8, 4) is 5.75 Å². The Labute approximate surface area is 178 Å². The highest BCUT2D eigenvalue weighted by Crippen LogP contribution is 2.38. The third-order valence-corrected chi connectivity index (χ3v) is 6.67. The van der Waals surface area contributed by atoms with Crippen molar-refractivity contribution in [2.75, 3.05) is 6.54 Å². The molecular weight excluding hydrogens is 374 g/mol. The number of likely N-dealkylation sites (tertiary alicyclic amines) is 1. The molecule has 1 aliphatic heterocycles. The van der Waals surface area contributed by atoms with Crippen LogP contribution < -0.4 is 10.5 Å². The van der Waals surface area contributed by atoms with Gasteiger partial charge in [0, 0.05) is 12.1 Å². The van der Waals surface area contributed by atoms with Gasteiger partial charge in [0.15, 0.2) is 11.5 Å². The van der Waals surface area contributed by atoms with Crippen LogP contribution in [0.2, 0.25) is 0 Å². The summed E-state index contributed by atoms with van der Waals surface area (Å²) in [7, 11) is 0. The summed E-state index contributed by atoms with van der Waals surface area (Å²) in [6.45, 7) is 5.65. The lowest BCUT2D eigenvalue weighted by Crippen LogP contribution is -2.39. The molecule has 3 atom stereocenters. The molecule has 1 aromatic carbocycles. The van der Waals surface area contributed by atoms with E-state index >= 15 is 0 Å². The largest absolute Gasteiger partial charge is 0.484 e. The summed E-state index contributed by atoms with van der Waals surface area (Å²) < 4.78 is 8.60. The van der Waals surface area contributed by atoms with Gasteiger partial charge in [0.1, 0.15) is 11.9 Å². The molecule has 1 saturated heterocycles. The number of nitrogens with two attached hydrogens (primary N) is 1. The predicted octanol–water partition coefficient (Wildman–Crippen LogP) is 4.58. The van der Waals surface area contributed by atoms with Crippen LogP contribution in [0.3, 0.4) is 0 Å². The molecule has 2 N–H and O–H groups in total. The fourth-order valence-electron chi connectivity index (χ4n) is 5.11. The molecule has 1 aliphatic carbocycles.